The monoisotopic (exact) mass is 553 g/mol. The van der Waals surface area contributed by atoms with Gasteiger partial charge >= 0.3 is 0 Å². The highest BCUT2D eigenvalue weighted by molar-refractivity contribution is 7.92. The third-order valence-corrected chi connectivity index (χ3v) is 9.26. The maximum Gasteiger partial charge on any atom is 0.264 e. The van der Waals surface area contributed by atoms with E-state index in [2.05, 4.69) is 53.4 Å². The first-order valence-electron chi connectivity index (χ1n) is 13.6. The van der Waals surface area contributed by atoms with Crippen molar-refractivity contribution in [2.75, 3.05) is 37.0 Å². The van der Waals surface area contributed by atoms with E-state index < -0.39 is 10.0 Å². The van der Waals surface area contributed by atoms with Crippen molar-refractivity contribution >= 4 is 21.6 Å². The molecule has 40 heavy (non-hydrogen) atoms. The highest BCUT2D eigenvalue weighted by atomic mass is 32.2. The highest BCUT2D eigenvalue weighted by Gasteiger charge is 2.32. The summed E-state index contributed by atoms with van der Waals surface area (Å²) in [6, 6.07) is 34.9. The normalized spacial score (nSPS) is 14.3. The van der Waals surface area contributed by atoms with Crippen molar-refractivity contribution in [2.45, 2.75) is 24.8 Å². The highest BCUT2D eigenvalue weighted by Crippen LogP contribution is 2.30. The fourth-order valence-electron chi connectivity index (χ4n) is 5.20. The van der Waals surface area contributed by atoms with Crippen LogP contribution in [-0.2, 0) is 14.8 Å². The van der Waals surface area contributed by atoms with E-state index in [9.17, 15) is 13.2 Å². The average molecular weight is 554 g/mol. The van der Waals surface area contributed by atoms with Crippen LogP contribution in [0.2, 0.25) is 0 Å². The molecule has 0 spiro atoms. The minimum Gasteiger partial charge on any atom is -0.339 e. The van der Waals surface area contributed by atoms with Crippen molar-refractivity contribution in [3.63, 3.8) is 0 Å². The lowest BCUT2D eigenvalue weighted by molar-refractivity contribution is -0.131. The minimum absolute atomic E-state index is 0.0885. The number of nitrogens with zero attached hydrogens (tertiary/aromatic N) is 3. The van der Waals surface area contributed by atoms with Crippen molar-refractivity contribution in [2.24, 2.45) is 0 Å². The number of sulfonamides is 1. The summed E-state index contributed by atoms with van der Waals surface area (Å²) < 4.78 is 28.7. The Bertz CT molecular complexity index is 1480. The van der Waals surface area contributed by atoms with E-state index in [1.807, 2.05) is 38.1 Å². The van der Waals surface area contributed by atoms with Gasteiger partial charge in [0, 0.05) is 26.2 Å². The molecule has 1 heterocycles. The second-order valence-electron chi connectivity index (χ2n) is 10.3. The zero-order valence-corrected chi connectivity index (χ0v) is 23.8. The summed E-state index contributed by atoms with van der Waals surface area (Å²) in [4.78, 5) is 18.0. The van der Waals surface area contributed by atoms with E-state index >= 15 is 0 Å². The summed E-state index contributed by atoms with van der Waals surface area (Å²) >= 11 is 0. The second-order valence-corrected chi connectivity index (χ2v) is 12.2. The van der Waals surface area contributed by atoms with E-state index in [1.54, 1.807) is 41.3 Å². The molecule has 1 aliphatic heterocycles. The van der Waals surface area contributed by atoms with Gasteiger partial charge in [0.05, 0.1) is 16.6 Å². The molecule has 0 radical (unpaired) electrons. The lowest BCUT2D eigenvalue weighted by Gasteiger charge is -2.40. The maximum absolute atomic E-state index is 13.7. The summed E-state index contributed by atoms with van der Waals surface area (Å²) in [5.41, 5.74) is 4.89. The molecule has 1 amide bonds. The third-order valence-electron chi connectivity index (χ3n) is 7.47. The molecule has 0 unspecified atom stereocenters. The number of anilines is 1. The zero-order valence-electron chi connectivity index (χ0n) is 23.0. The average Bonchev–Trinajstić information content (AvgIpc) is 2.98. The van der Waals surface area contributed by atoms with E-state index in [0.29, 0.717) is 31.9 Å². The Morgan fingerprint density at radius 2 is 1.18 bits per heavy atom. The number of amides is 1. The largest absolute Gasteiger partial charge is 0.339 e. The van der Waals surface area contributed by atoms with Gasteiger partial charge < -0.3 is 4.90 Å². The van der Waals surface area contributed by atoms with Crippen LogP contribution in [0.3, 0.4) is 0 Å². The van der Waals surface area contributed by atoms with Gasteiger partial charge in [0.2, 0.25) is 5.91 Å². The van der Waals surface area contributed by atoms with Gasteiger partial charge in [-0.15, -0.1) is 0 Å². The van der Waals surface area contributed by atoms with E-state index in [0.717, 1.165) is 11.1 Å². The standard InChI is InChI=1S/C33H35N3O3S/c1-26-13-17-30(18-14-26)36(40(38,39)31-19-15-27(2)16-20-31)25-32(37)34-21-23-35(24-22-34)33(28-9-5-3-6-10-28)29-11-7-4-8-12-29/h3-20,33H,21-25H2,1-2H3. The number of carbonyl (C=O) groups excluding carboxylic acids is 1. The molecule has 5 rings (SSSR count). The first-order valence-corrected chi connectivity index (χ1v) is 15.0. The first kappa shape index (κ1) is 27.6. The molecule has 0 bridgehead atoms. The lowest BCUT2D eigenvalue weighted by atomic mass is 9.96. The number of rotatable bonds is 8. The molecule has 0 saturated carbocycles. The molecule has 1 fully saturated rings. The molecule has 4 aromatic rings. The minimum atomic E-state index is -3.94. The van der Waals surface area contributed by atoms with Crippen molar-refractivity contribution in [3.8, 4) is 0 Å². The summed E-state index contributed by atoms with van der Waals surface area (Å²) in [6.07, 6.45) is 0. The Labute approximate surface area is 237 Å². The van der Waals surface area contributed by atoms with Crippen LogP contribution in [0.5, 0.6) is 0 Å². The first-order chi connectivity index (χ1) is 19.3. The number of aryl methyl sites for hydroxylation is 2. The molecule has 0 N–H and O–H groups in total. The predicted octanol–water partition coefficient (Wildman–Crippen LogP) is 5.43. The molecule has 0 aromatic heterocycles. The summed E-state index contributed by atoms with van der Waals surface area (Å²) in [7, 11) is -3.94. The SMILES string of the molecule is Cc1ccc(N(CC(=O)N2CCN(C(c3ccccc3)c3ccccc3)CC2)S(=O)(=O)c2ccc(C)cc2)cc1. The van der Waals surface area contributed by atoms with Gasteiger partial charge in [0.25, 0.3) is 10.0 Å². The Balaban J connectivity index is 1.34. The van der Waals surface area contributed by atoms with E-state index in [1.165, 1.54) is 15.4 Å². The molecule has 0 aliphatic carbocycles. The predicted molar refractivity (Wildman–Crippen MR) is 160 cm³/mol. The van der Waals surface area contributed by atoms with Crippen LogP contribution in [0, 0.1) is 13.8 Å². The number of hydrogen-bond acceptors (Lipinski definition) is 4. The Kier molecular flexibility index (Phi) is 8.33. The fourth-order valence-corrected chi connectivity index (χ4v) is 6.61. The lowest BCUT2D eigenvalue weighted by Crippen LogP contribution is -2.52. The van der Waals surface area contributed by atoms with Crippen LogP contribution in [0.25, 0.3) is 0 Å². The van der Waals surface area contributed by atoms with Gasteiger partial charge in [-0.25, -0.2) is 8.42 Å². The smallest absolute Gasteiger partial charge is 0.264 e. The Hall–Kier alpha value is -3.94. The molecule has 4 aromatic carbocycles. The zero-order chi connectivity index (χ0) is 28.1. The molecule has 0 atom stereocenters. The molecular weight excluding hydrogens is 518 g/mol. The van der Waals surface area contributed by atoms with Crippen LogP contribution in [-0.4, -0.2) is 56.8 Å². The summed E-state index contributed by atoms with van der Waals surface area (Å²) in [5.74, 6) is -0.202. The van der Waals surface area contributed by atoms with E-state index in [4.69, 9.17) is 0 Å². The van der Waals surface area contributed by atoms with Crippen molar-refractivity contribution in [1.29, 1.82) is 0 Å². The van der Waals surface area contributed by atoms with E-state index in [-0.39, 0.29) is 23.4 Å². The van der Waals surface area contributed by atoms with Crippen molar-refractivity contribution in [1.82, 2.24) is 9.80 Å². The Morgan fingerprint density at radius 3 is 1.68 bits per heavy atom. The molecule has 7 heteroatoms. The number of hydrogen-bond donors (Lipinski definition) is 0. The van der Waals surface area contributed by atoms with Gasteiger partial charge in [-0.1, -0.05) is 96.1 Å². The van der Waals surface area contributed by atoms with Gasteiger partial charge in [-0.3, -0.25) is 14.0 Å². The summed E-state index contributed by atoms with van der Waals surface area (Å²) in [5, 5.41) is 0. The van der Waals surface area contributed by atoms with Crippen LogP contribution in [0.15, 0.2) is 114 Å². The second kappa shape index (κ2) is 12.1. The van der Waals surface area contributed by atoms with Gasteiger partial charge in [-0.2, -0.15) is 0 Å². The van der Waals surface area contributed by atoms with Crippen LogP contribution < -0.4 is 4.31 Å². The number of piperazine rings is 1. The number of carbonyl (C=O) groups is 1. The molecule has 6 nitrogen and oxygen atoms in total. The van der Waals surface area contributed by atoms with Gasteiger partial charge in [0.15, 0.2) is 0 Å². The van der Waals surface area contributed by atoms with Crippen LogP contribution in [0.4, 0.5) is 5.69 Å². The Morgan fingerprint density at radius 1 is 0.700 bits per heavy atom. The van der Waals surface area contributed by atoms with Crippen LogP contribution >= 0.6 is 0 Å². The molecular formula is C33H35N3O3S. The topological polar surface area (TPSA) is 60.9 Å². The molecule has 206 valence electrons. The molecule has 1 aliphatic rings. The van der Waals surface area contributed by atoms with Crippen molar-refractivity contribution < 1.29 is 13.2 Å². The third kappa shape index (κ3) is 6.11. The van der Waals surface area contributed by atoms with Gasteiger partial charge in [-0.05, 0) is 49.2 Å². The maximum atomic E-state index is 13.7. The van der Waals surface area contributed by atoms with Crippen molar-refractivity contribution in [3.05, 3.63) is 131 Å². The summed E-state index contributed by atoms with van der Waals surface area (Å²) in [6.45, 7) is 6.05. The quantitative estimate of drug-likeness (QED) is 0.292. The fraction of sp³-hybridized carbons (Fsp3) is 0.242. The number of benzene rings is 4. The molecule has 1 saturated heterocycles. The van der Waals surface area contributed by atoms with Crippen LogP contribution in [0.1, 0.15) is 28.3 Å². The van der Waals surface area contributed by atoms with Gasteiger partial charge in [0.1, 0.15) is 6.54 Å².